The first-order valence-corrected chi connectivity index (χ1v) is 11.7. The number of anilines is 1. The number of carboxylic acid groups (broad SMARTS) is 1. The van der Waals surface area contributed by atoms with Crippen LogP contribution in [0.15, 0.2) is 42.9 Å². The van der Waals surface area contributed by atoms with Crippen molar-refractivity contribution in [2.45, 2.75) is 53.1 Å². The molecule has 11 heteroatoms. The van der Waals surface area contributed by atoms with E-state index in [0.29, 0.717) is 17.3 Å². The van der Waals surface area contributed by atoms with Crippen LogP contribution in [0.4, 0.5) is 19.0 Å². The molecule has 0 saturated heterocycles. The summed E-state index contributed by atoms with van der Waals surface area (Å²) in [5.74, 6) is -0.354. The van der Waals surface area contributed by atoms with Gasteiger partial charge >= 0.3 is 12.1 Å². The molecule has 4 N–H and O–H groups in total. The summed E-state index contributed by atoms with van der Waals surface area (Å²) in [4.78, 5) is 25.3. The third-order valence-electron chi connectivity index (χ3n) is 5.37. The molecule has 2 aromatic heterocycles. The number of pyridine rings is 1. The van der Waals surface area contributed by atoms with Crippen LogP contribution in [0.1, 0.15) is 59.3 Å². The van der Waals surface area contributed by atoms with Crippen LogP contribution in [0.25, 0.3) is 5.69 Å². The first-order valence-electron chi connectivity index (χ1n) is 11.7. The molecule has 0 aliphatic carbocycles. The average Bonchev–Trinajstić information content (AvgIpc) is 3.28. The number of aliphatic carboxylic acids is 1. The molecular formula is C26H32F3N5O3. The normalized spacial score (nSPS) is 11.1. The smallest absolute Gasteiger partial charge is 0.419 e. The number of benzene rings is 1. The number of hydrogen-bond donors (Lipinski definition) is 3. The summed E-state index contributed by atoms with van der Waals surface area (Å²) >= 11 is 0. The van der Waals surface area contributed by atoms with Gasteiger partial charge < -0.3 is 16.2 Å². The number of nitrogens with two attached hydrogens (primary N) is 1. The van der Waals surface area contributed by atoms with Crippen molar-refractivity contribution in [1.29, 1.82) is 0 Å². The van der Waals surface area contributed by atoms with E-state index in [-0.39, 0.29) is 18.9 Å². The molecule has 0 atom stereocenters. The molecular weight excluding hydrogens is 487 g/mol. The minimum absolute atomic E-state index is 0.0958. The second-order valence-corrected chi connectivity index (χ2v) is 9.05. The van der Waals surface area contributed by atoms with E-state index in [1.165, 1.54) is 28.6 Å². The summed E-state index contributed by atoms with van der Waals surface area (Å²) in [6, 6.07) is 7.11. The number of alkyl halides is 3. The molecule has 2 heterocycles. The van der Waals surface area contributed by atoms with E-state index in [9.17, 15) is 22.8 Å². The molecule has 3 rings (SSSR count). The zero-order valence-corrected chi connectivity index (χ0v) is 21.3. The van der Waals surface area contributed by atoms with Crippen LogP contribution < -0.4 is 11.1 Å². The zero-order valence-electron chi connectivity index (χ0n) is 21.3. The van der Waals surface area contributed by atoms with Gasteiger partial charge in [-0.2, -0.15) is 18.3 Å². The van der Waals surface area contributed by atoms with E-state index in [1.54, 1.807) is 0 Å². The molecule has 0 saturated carbocycles. The third kappa shape index (κ3) is 9.25. The lowest BCUT2D eigenvalue weighted by Gasteiger charge is -2.13. The quantitative estimate of drug-likeness (QED) is 0.386. The standard InChI is InChI=1S/C17H21F3N2.C9H11N3O3/c1-11(2)5-6-14-7-12(3)16(13(4)8-14)22-10-15(9-21-22)17(18,19)20;10-7-2-1-6(5-12-7)9(15)11-4-3-8(13)14/h7-11H,5-6H2,1-4H3;1-2,5H,3-4H2,(H2,10,12)(H,11,15)(H,13,14). The Balaban J connectivity index is 0.000000281. The molecule has 0 bridgehead atoms. The lowest BCUT2D eigenvalue weighted by molar-refractivity contribution is -0.138. The summed E-state index contributed by atoms with van der Waals surface area (Å²) in [6.45, 7) is 8.28. The molecule has 0 spiro atoms. The summed E-state index contributed by atoms with van der Waals surface area (Å²) in [5.41, 5.74) is 8.80. The molecule has 0 radical (unpaired) electrons. The first kappa shape index (κ1) is 29.3. The van der Waals surface area contributed by atoms with Gasteiger partial charge in [0.2, 0.25) is 0 Å². The van der Waals surface area contributed by atoms with Crippen molar-refractivity contribution in [3.05, 3.63) is 70.7 Å². The second-order valence-electron chi connectivity index (χ2n) is 9.05. The molecule has 8 nitrogen and oxygen atoms in total. The third-order valence-corrected chi connectivity index (χ3v) is 5.37. The van der Waals surface area contributed by atoms with Crippen molar-refractivity contribution >= 4 is 17.7 Å². The van der Waals surface area contributed by atoms with Crippen molar-refractivity contribution in [3.8, 4) is 5.69 Å². The number of halogens is 3. The van der Waals surface area contributed by atoms with Crippen LogP contribution >= 0.6 is 0 Å². The monoisotopic (exact) mass is 519 g/mol. The molecule has 0 unspecified atom stereocenters. The summed E-state index contributed by atoms with van der Waals surface area (Å²) < 4.78 is 39.4. The van der Waals surface area contributed by atoms with Crippen LogP contribution in [-0.2, 0) is 17.4 Å². The average molecular weight is 520 g/mol. The number of aromatic nitrogens is 3. The Hall–Kier alpha value is -3.89. The van der Waals surface area contributed by atoms with Crippen molar-refractivity contribution in [1.82, 2.24) is 20.1 Å². The Kier molecular flexibility index (Phi) is 10.2. The number of carbonyl (C=O) groups is 2. The first-order chi connectivity index (χ1) is 17.3. The number of hydrogen-bond acceptors (Lipinski definition) is 5. The Labute approximate surface area is 213 Å². The molecule has 200 valence electrons. The van der Waals surface area contributed by atoms with Gasteiger partial charge in [0.25, 0.3) is 5.91 Å². The van der Waals surface area contributed by atoms with E-state index in [1.807, 2.05) is 26.0 Å². The second kappa shape index (κ2) is 12.9. The Bertz CT molecular complexity index is 1180. The van der Waals surface area contributed by atoms with E-state index in [2.05, 4.69) is 29.2 Å². The lowest BCUT2D eigenvalue weighted by Crippen LogP contribution is -2.26. The van der Waals surface area contributed by atoms with Gasteiger partial charge in [-0.25, -0.2) is 9.67 Å². The van der Waals surface area contributed by atoms with Gasteiger partial charge in [0.15, 0.2) is 0 Å². The van der Waals surface area contributed by atoms with Gasteiger partial charge in [-0.15, -0.1) is 0 Å². The topological polar surface area (TPSA) is 123 Å². The fourth-order valence-electron chi connectivity index (χ4n) is 3.52. The van der Waals surface area contributed by atoms with Gasteiger partial charge in [0.05, 0.1) is 29.4 Å². The highest BCUT2D eigenvalue weighted by Gasteiger charge is 2.32. The van der Waals surface area contributed by atoms with Gasteiger partial charge in [-0.1, -0.05) is 26.0 Å². The maximum Gasteiger partial charge on any atom is 0.419 e. The number of nitrogens with zero attached hydrogens (tertiary/aromatic N) is 3. The highest BCUT2D eigenvalue weighted by Crippen LogP contribution is 2.30. The van der Waals surface area contributed by atoms with E-state index >= 15 is 0 Å². The summed E-state index contributed by atoms with van der Waals surface area (Å²) in [5, 5.41) is 14.7. The van der Waals surface area contributed by atoms with Gasteiger partial charge in [-0.05, 0) is 61.4 Å². The molecule has 0 aliphatic rings. The van der Waals surface area contributed by atoms with E-state index in [4.69, 9.17) is 10.8 Å². The van der Waals surface area contributed by atoms with Crippen molar-refractivity contribution in [2.75, 3.05) is 12.3 Å². The van der Waals surface area contributed by atoms with Gasteiger partial charge in [0, 0.05) is 18.9 Å². The van der Waals surface area contributed by atoms with E-state index in [0.717, 1.165) is 42.0 Å². The zero-order chi connectivity index (χ0) is 27.8. The van der Waals surface area contributed by atoms with E-state index < -0.39 is 17.7 Å². The van der Waals surface area contributed by atoms with Crippen molar-refractivity contribution in [2.24, 2.45) is 5.92 Å². The Morgan fingerprint density at radius 3 is 2.27 bits per heavy atom. The fourth-order valence-corrected chi connectivity index (χ4v) is 3.52. The molecule has 0 aliphatic heterocycles. The molecule has 37 heavy (non-hydrogen) atoms. The molecule has 1 amide bonds. The number of carboxylic acids is 1. The van der Waals surface area contributed by atoms with Gasteiger partial charge in [-0.3, -0.25) is 9.59 Å². The minimum atomic E-state index is -4.36. The minimum Gasteiger partial charge on any atom is -0.481 e. The number of nitrogens with one attached hydrogen (secondary N) is 1. The summed E-state index contributed by atoms with van der Waals surface area (Å²) in [7, 11) is 0. The predicted octanol–water partition coefficient (Wildman–Crippen LogP) is 4.96. The highest BCUT2D eigenvalue weighted by molar-refractivity contribution is 5.94. The van der Waals surface area contributed by atoms with Gasteiger partial charge in [0.1, 0.15) is 5.82 Å². The fraction of sp³-hybridized carbons (Fsp3) is 0.385. The SMILES string of the molecule is Cc1cc(CCC(C)C)cc(C)c1-n1cc(C(F)(F)F)cn1.Nc1ccc(C(=O)NCCC(=O)O)cn1. The largest absolute Gasteiger partial charge is 0.481 e. The maximum absolute atomic E-state index is 12.7. The summed E-state index contributed by atoms with van der Waals surface area (Å²) in [6.07, 6.45) is 0.857. The number of rotatable bonds is 8. The van der Waals surface area contributed by atoms with Crippen LogP contribution in [0, 0.1) is 19.8 Å². The number of nitrogen functional groups attached to an aromatic ring is 1. The molecule has 0 fully saturated rings. The van der Waals surface area contributed by atoms with Crippen LogP contribution in [0.3, 0.4) is 0 Å². The van der Waals surface area contributed by atoms with Crippen LogP contribution in [-0.4, -0.2) is 38.3 Å². The number of aryl methyl sites for hydroxylation is 3. The highest BCUT2D eigenvalue weighted by atomic mass is 19.4. The maximum atomic E-state index is 12.7. The Morgan fingerprint density at radius 2 is 1.78 bits per heavy atom. The van der Waals surface area contributed by atoms with Crippen molar-refractivity contribution in [3.63, 3.8) is 0 Å². The van der Waals surface area contributed by atoms with Crippen LogP contribution in [0.2, 0.25) is 0 Å². The molecule has 3 aromatic rings. The van der Waals surface area contributed by atoms with Crippen molar-refractivity contribution < 1.29 is 27.9 Å². The predicted molar refractivity (Wildman–Crippen MR) is 134 cm³/mol. The number of amides is 1. The molecule has 1 aromatic carbocycles. The Morgan fingerprint density at radius 1 is 1.14 bits per heavy atom. The van der Waals surface area contributed by atoms with Crippen LogP contribution in [0.5, 0.6) is 0 Å². The number of carbonyl (C=O) groups excluding carboxylic acids is 1. The lowest BCUT2D eigenvalue weighted by atomic mass is 9.98.